The van der Waals surface area contributed by atoms with E-state index in [0.29, 0.717) is 0 Å². The second-order valence-corrected chi connectivity index (χ2v) is 4.94. The van der Waals surface area contributed by atoms with Gasteiger partial charge in [0.15, 0.2) is 0 Å². The van der Waals surface area contributed by atoms with Gasteiger partial charge < -0.3 is 9.73 Å². The van der Waals surface area contributed by atoms with Gasteiger partial charge in [0.2, 0.25) is 0 Å². The molecule has 1 atom stereocenters. The fourth-order valence-electron chi connectivity index (χ4n) is 2.32. The predicted octanol–water partition coefficient (Wildman–Crippen LogP) is 4.32. The maximum atomic E-state index is 5.22. The van der Waals surface area contributed by atoms with Crippen LogP contribution in [0.5, 0.6) is 0 Å². The Bertz CT molecular complexity index is 459. The van der Waals surface area contributed by atoms with Gasteiger partial charge >= 0.3 is 0 Å². The highest BCUT2D eigenvalue weighted by atomic mass is 16.3. The van der Waals surface area contributed by atoms with Crippen molar-refractivity contribution < 1.29 is 4.42 Å². The first-order chi connectivity index (χ1) is 9.35. The number of furan rings is 1. The van der Waals surface area contributed by atoms with Crippen molar-refractivity contribution in [2.75, 3.05) is 6.54 Å². The van der Waals surface area contributed by atoms with Crippen LogP contribution < -0.4 is 5.32 Å². The van der Waals surface area contributed by atoms with E-state index in [2.05, 4.69) is 43.4 Å². The topological polar surface area (TPSA) is 25.2 Å². The summed E-state index contributed by atoms with van der Waals surface area (Å²) in [4.78, 5) is 0. The number of rotatable bonds is 7. The van der Waals surface area contributed by atoms with E-state index >= 15 is 0 Å². The molecule has 0 aliphatic rings. The fourth-order valence-corrected chi connectivity index (χ4v) is 2.32. The van der Waals surface area contributed by atoms with Crippen LogP contribution in [-0.4, -0.2) is 6.54 Å². The van der Waals surface area contributed by atoms with Crippen LogP contribution in [0.4, 0.5) is 0 Å². The van der Waals surface area contributed by atoms with Gasteiger partial charge in [-0.05, 0) is 36.6 Å². The summed E-state index contributed by atoms with van der Waals surface area (Å²) in [6, 6.07) is 11.2. The molecule has 0 saturated carbocycles. The Labute approximate surface area is 115 Å². The number of aryl methyl sites for hydroxylation is 1. The molecular formula is C17H23NO. The molecule has 2 rings (SSSR count). The lowest BCUT2D eigenvalue weighted by molar-refractivity contribution is 0.548. The molecule has 2 heteroatoms. The third-order valence-electron chi connectivity index (χ3n) is 3.33. The normalized spacial score (nSPS) is 12.5. The minimum atomic E-state index is 0.231. The smallest absolute Gasteiger partial charge is 0.0953 e. The molecule has 2 aromatic rings. The Morgan fingerprint density at radius 3 is 2.37 bits per heavy atom. The van der Waals surface area contributed by atoms with Gasteiger partial charge in [-0.2, -0.15) is 0 Å². The fraction of sp³-hybridized carbons (Fsp3) is 0.412. The number of hydrogen-bond acceptors (Lipinski definition) is 2. The minimum absolute atomic E-state index is 0.231. The van der Waals surface area contributed by atoms with E-state index in [1.165, 1.54) is 23.1 Å². The monoisotopic (exact) mass is 257 g/mol. The van der Waals surface area contributed by atoms with E-state index in [-0.39, 0.29) is 6.04 Å². The van der Waals surface area contributed by atoms with E-state index in [1.807, 2.05) is 12.3 Å². The lowest BCUT2D eigenvalue weighted by Gasteiger charge is -2.18. The van der Waals surface area contributed by atoms with Gasteiger partial charge in [-0.1, -0.05) is 44.5 Å². The second-order valence-electron chi connectivity index (χ2n) is 4.94. The molecule has 1 aromatic carbocycles. The molecule has 1 unspecified atom stereocenters. The maximum Gasteiger partial charge on any atom is 0.0953 e. The van der Waals surface area contributed by atoms with Crippen molar-refractivity contribution in [3.63, 3.8) is 0 Å². The first kappa shape index (κ1) is 13.9. The first-order valence-electron chi connectivity index (χ1n) is 7.19. The Hall–Kier alpha value is -1.54. The number of nitrogens with one attached hydrogen (secondary N) is 1. The van der Waals surface area contributed by atoms with E-state index in [9.17, 15) is 0 Å². The van der Waals surface area contributed by atoms with Crippen molar-refractivity contribution >= 4 is 0 Å². The number of benzene rings is 1. The Kier molecular flexibility index (Phi) is 5.22. The lowest BCUT2D eigenvalue weighted by Crippen LogP contribution is -2.22. The Morgan fingerprint density at radius 2 is 1.79 bits per heavy atom. The average molecular weight is 257 g/mol. The molecule has 0 saturated heterocycles. The van der Waals surface area contributed by atoms with Crippen molar-refractivity contribution in [3.05, 3.63) is 59.5 Å². The van der Waals surface area contributed by atoms with Crippen LogP contribution in [0.15, 0.2) is 47.3 Å². The van der Waals surface area contributed by atoms with Crippen LogP contribution in [-0.2, 0) is 6.42 Å². The SMILES string of the molecule is CCCNC(c1ccc(CCC)cc1)c1ccoc1. The standard InChI is InChI=1S/C17H23NO/c1-3-5-14-6-8-15(9-7-14)17(18-11-4-2)16-10-12-19-13-16/h6-10,12-13,17-18H,3-5,11H2,1-2H3. The minimum Gasteiger partial charge on any atom is -0.472 e. The molecule has 102 valence electrons. The molecule has 0 aliphatic heterocycles. The summed E-state index contributed by atoms with van der Waals surface area (Å²) >= 11 is 0. The van der Waals surface area contributed by atoms with Crippen molar-refractivity contribution in [3.8, 4) is 0 Å². The quantitative estimate of drug-likeness (QED) is 0.799. The molecule has 1 N–H and O–H groups in total. The molecular weight excluding hydrogens is 234 g/mol. The Morgan fingerprint density at radius 1 is 1.00 bits per heavy atom. The van der Waals surface area contributed by atoms with Gasteiger partial charge in [-0.3, -0.25) is 0 Å². The molecule has 0 bridgehead atoms. The van der Waals surface area contributed by atoms with E-state index < -0.39 is 0 Å². The highest BCUT2D eigenvalue weighted by Gasteiger charge is 2.14. The van der Waals surface area contributed by atoms with Crippen molar-refractivity contribution in [2.24, 2.45) is 0 Å². The lowest BCUT2D eigenvalue weighted by atomic mass is 9.99. The summed E-state index contributed by atoms with van der Waals surface area (Å²) < 4.78 is 5.22. The molecule has 0 radical (unpaired) electrons. The summed E-state index contributed by atoms with van der Waals surface area (Å²) in [5.41, 5.74) is 3.90. The van der Waals surface area contributed by atoms with Gasteiger partial charge in [0.05, 0.1) is 18.6 Å². The summed E-state index contributed by atoms with van der Waals surface area (Å²) in [5.74, 6) is 0. The zero-order valence-electron chi connectivity index (χ0n) is 11.9. The largest absolute Gasteiger partial charge is 0.472 e. The molecule has 0 amide bonds. The van der Waals surface area contributed by atoms with Crippen LogP contribution in [0, 0.1) is 0 Å². The van der Waals surface area contributed by atoms with Crippen molar-refractivity contribution in [1.29, 1.82) is 0 Å². The highest BCUT2D eigenvalue weighted by molar-refractivity contribution is 5.32. The zero-order chi connectivity index (χ0) is 13.5. The predicted molar refractivity (Wildman–Crippen MR) is 79.3 cm³/mol. The third-order valence-corrected chi connectivity index (χ3v) is 3.33. The van der Waals surface area contributed by atoms with Gasteiger partial charge in [0.1, 0.15) is 0 Å². The van der Waals surface area contributed by atoms with Crippen LogP contribution in [0.1, 0.15) is 49.4 Å². The summed E-state index contributed by atoms with van der Waals surface area (Å²) in [6.45, 7) is 5.40. The summed E-state index contributed by atoms with van der Waals surface area (Å²) in [7, 11) is 0. The van der Waals surface area contributed by atoms with Gasteiger partial charge in [0.25, 0.3) is 0 Å². The van der Waals surface area contributed by atoms with Gasteiger partial charge in [0, 0.05) is 5.56 Å². The molecule has 0 fully saturated rings. The van der Waals surface area contributed by atoms with E-state index in [1.54, 1.807) is 6.26 Å². The summed E-state index contributed by atoms with van der Waals surface area (Å²) in [6.07, 6.45) is 7.04. The molecule has 19 heavy (non-hydrogen) atoms. The van der Waals surface area contributed by atoms with Crippen LogP contribution >= 0.6 is 0 Å². The first-order valence-corrected chi connectivity index (χ1v) is 7.19. The van der Waals surface area contributed by atoms with Crippen LogP contribution in [0.2, 0.25) is 0 Å². The molecule has 0 aliphatic carbocycles. The summed E-state index contributed by atoms with van der Waals surface area (Å²) in [5, 5.41) is 3.58. The Balaban J connectivity index is 2.17. The van der Waals surface area contributed by atoms with E-state index in [4.69, 9.17) is 4.42 Å². The molecule has 1 heterocycles. The van der Waals surface area contributed by atoms with Gasteiger partial charge in [-0.15, -0.1) is 0 Å². The van der Waals surface area contributed by atoms with Crippen molar-refractivity contribution in [1.82, 2.24) is 5.32 Å². The molecule has 0 spiro atoms. The highest BCUT2D eigenvalue weighted by Crippen LogP contribution is 2.23. The third kappa shape index (κ3) is 3.71. The van der Waals surface area contributed by atoms with Crippen molar-refractivity contribution in [2.45, 2.75) is 39.2 Å². The average Bonchev–Trinajstić information content (AvgIpc) is 2.95. The van der Waals surface area contributed by atoms with E-state index in [0.717, 1.165) is 19.4 Å². The molecule has 2 nitrogen and oxygen atoms in total. The second kappa shape index (κ2) is 7.15. The van der Waals surface area contributed by atoms with Gasteiger partial charge in [-0.25, -0.2) is 0 Å². The van der Waals surface area contributed by atoms with Crippen LogP contribution in [0.25, 0.3) is 0 Å². The maximum absolute atomic E-state index is 5.22. The zero-order valence-corrected chi connectivity index (χ0v) is 11.9. The molecule has 1 aromatic heterocycles. The van der Waals surface area contributed by atoms with Crippen LogP contribution in [0.3, 0.4) is 0 Å². The number of hydrogen-bond donors (Lipinski definition) is 1.